The highest BCUT2D eigenvalue weighted by Gasteiger charge is 2.15. The van der Waals surface area contributed by atoms with Crippen LogP contribution in [0.5, 0.6) is 11.5 Å². The monoisotopic (exact) mass is 335 g/mol. The minimum Gasteiger partial charge on any atom is -0.449 e. The second-order valence-electron chi connectivity index (χ2n) is 3.89. The minimum absolute atomic E-state index is 0.0667. The molecular weight excluding hydrogens is 326 g/mol. The number of ether oxygens (including phenoxy) is 1. The first-order chi connectivity index (χ1) is 9.49. The summed E-state index contributed by atoms with van der Waals surface area (Å²) >= 11 is 3.29. The quantitative estimate of drug-likeness (QED) is 0.386. The fraction of sp³-hybridized carbons (Fsp3) is 0. The molecule has 0 heterocycles. The van der Waals surface area contributed by atoms with E-state index in [0.29, 0.717) is 15.8 Å². The van der Waals surface area contributed by atoms with Crippen LogP contribution in [0.25, 0.3) is 0 Å². The number of nitrogens with one attached hydrogen (secondary N) is 1. The third-order valence-electron chi connectivity index (χ3n) is 2.52. The van der Waals surface area contributed by atoms with Crippen molar-refractivity contribution in [2.75, 3.05) is 0 Å². The molecule has 102 valence electrons. The first kappa shape index (κ1) is 14.0. The number of nitro groups is 1. The van der Waals surface area contributed by atoms with Gasteiger partial charge in [-0.3, -0.25) is 15.5 Å². The fourth-order valence-corrected chi connectivity index (χ4v) is 2.02. The smallest absolute Gasteiger partial charge is 0.311 e. The largest absolute Gasteiger partial charge is 0.449 e. The van der Waals surface area contributed by atoms with Crippen molar-refractivity contribution in [1.29, 1.82) is 5.41 Å². The second-order valence-corrected chi connectivity index (χ2v) is 4.74. The zero-order valence-electron chi connectivity index (χ0n) is 10.2. The molecule has 0 fully saturated rings. The molecule has 0 bridgehead atoms. The SMILES string of the molecule is N=C(N)c1ccc(Oc2ccccc2[N+](=O)[O-])c(Br)c1. The Balaban J connectivity index is 2.36. The maximum atomic E-state index is 10.9. The summed E-state index contributed by atoms with van der Waals surface area (Å²) in [6.07, 6.45) is 0. The van der Waals surface area contributed by atoms with E-state index in [1.165, 1.54) is 12.1 Å². The average molecular weight is 336 g/mol. The molecule has 0 aliphatic heterocycles. The number of nitrogens with two attached hydrogens (primary N) is 1. The van der Waals surface area contributed by atoms with Crippen LogP contribution in [0.2, 0.25) is 0 Å². The summed E-state index contributed by atoms with van der Waals surface area (Å²) in [5.74, 6) is 0.487. The van der Waals surface area contributed by atoms with Crippen LogP contribution in [-0.4, -0.2) is 10.8 Å². The summed E-state index contributed by atoms with van der Waals surface area (Å²) in [5.41, 5.74) is 5.80. The van der Waals surface area contributed by atoms with Crippen molar-refractivity contribution in [2.45, 2.75) is 0 Å². The maximum absolute atomic E-state index is 10.9. The Morgan fingerprint density at radius 2 is 1.95 bits per heavy atom. The summed E-state index contributed by atoms with van der Waals surface area (Å²) < 4.78 is 6.10. The van der Waals surface area contributed by atoms with Gasteiger partial charge in [0.25, 0.3) is 0 Å². The highest BCUT2D eigenvalue weighted by Crippen LogP contribution is 2.35. The molecule has 0 unspecified atom stereocenters. The summed E-state index contributed by atoms with van der Waals surface area (Å²) in [6.45, 7) is 0. The van der Waals surface area contributed by atoms with E-state index in [2.05, 4.69) is 15.9 Å². The number of benzene rings is 2. The van der Waals surface area contributed by atoms with Gasteiger partial charge in [0, 0.05) is 11.6 Å². The number of nitrogens with zero attached hydrogens (tertiary/aromatic N) is 1. The average Bonchev–Trinajstić information content (AvgIpc) is 2.41. The van der Waals surface area contributed by atoms with Crippen molar-refractivity contribution in [1.82, 2.24) is 0 Å². The third kappa shape index (κ3) is 2.94. The van der Waals surface area contributed by atoms with E-state index in [9.17, 15) is 10.1 Å². The first-order valence-electron chi connectivity index (χ1n) is 5.54. The molecule has 2 aromatic carbocycles. The lowest BCUT2D eigenvalue weighted by atomic mass is 10.2. The topological polar surface area (TPSA) is 102 Å². The van der Waals surface area contributed by atoms with Crippen LogP contribution in [0.3, 0.4) is 0 Å². The molecule has 20 heavy (non-hydrogen) atoms. The van der Waals surface area contributed by atoms with E-state index in [4.69, 9.17) is 15.9 Å². The van der Waals surface area contributed by atoms with Gasteiger partial charge in [0.05, 0.1) is 9.40 Å². The van der Waals surface area contributed by atoms with Gasteiger partial charge in [-0.1, -0.05) is 12.1 Å². The Hall–Kier alpha value is -2.41. The first-order valence-corrected chi connectivity index (χ1v) is 6.33. The van der Waals surface area contributed by atoms with Crippen LogP contribution in [0.4, 0.5) is 5.69 Å². The zero-order valence-corrected chi connectivity index (χ0v) is 11.8. The molecule has 6 nitrogen and oxygen atoms in total. The Bertz CT molecular complexity index is 688. The predicted octanol–water partition coefficient (Wildman–Crippen LogP) is 3.43. The normalized spacial score (nSPS) is 10.1. The van der Waals surface area contributed by atoms with Gasteiger partial charge in [-0.2, -0.15) is 0 Å². The van der Waals surface area contributed by atoms with Crippen molar-refractivity contribution in [2.24, 2.45) is 5.73 Å². The van der Waals surface area contributed by atoms with E-state index in [1.807, 2.05) is 0 Å². The van der Waals surface area contributed by atoms with Crippen LogP contribution in [-0.2, 0) is 0 Å². The molecule has 0 spiro atoms. The molecule has 3 N–H and O–H groups in total. The molecule has 0 saturated heterocycles. The van der Waals surface area contributed by atoms with Gasteiger partial charge < -0.3 is 10.5 Å². The standard InChI is InChI=1S/C13H10BrN3O3/c14-9-7-8(13(15)16)5-6-11(9)20-12-4-2-1-3-10(12)17(18)19/h1-7H,(H3,15,16). The van der Waals surface area contributed by atoms with Crippen LogP contribution in [0, 0.1) is 15.5 Å². The van der Waals surface area contributed by atoms with Gasteiger partial charge in [-0.05, 0) is 40.2 Å². The molecular formula is C13H10BrN3O3. The van der Waals surface area contributed by atoms with Crippen molar-refractivity contribution in [3.05, 3.63) is 62.6 Å². The van der Waals surface area contributed by atoms with Gasteiger partial charge in [-0.15, -0.1) is 0 Å². The highest BCUT2D eigenvalue weighted by atomic mass is 79.9. The number of hydrogen-bond donors (Lipinski definition) is 2. The van der Waals surface area contributed by atoms with E-state index in [0.717, 1.165) is 0 Å². The van der Waals surface area contributed by atoms with E-state index in [1.54, 1.807) is 30.3 Å². The van der Waals surface area contributed by atoms with Crippen molar-refractivity contribution in [3.63, 3.8) is 0 Å². The summed E-state index contributed by atoms with van der Waals surface area (Å²) in [6, 6.07) is 10.9. The van der Waals surface area contributed by atoms with E-state index >= 15 is 0 Å². The number of hydrogen-bond acceptors (Lipinski definition) is 4. The van der Waals surface area contributed by atoms with Gasteiger partial charge >= 0.3 is 5.69 Å². The van der Waals surface area contributed by atoms with Crippen LogP contribution >= 0.6 is 15.9 Å². The van der Waals surface area contributed by atoms with Crippen molar-refractivity contribution >= 4 is 27.5 Å². The molecule has 0 saturated carbocycles. The third-order valence-corrected chi connectivity index (χ3v) is 3.14. The molecule has 0 radical (unpaired) electrons. The lowest BCUT2D eigenvalue weighted by molar-refractivity contribution is -0.385. The Morgan fingerprint density at radius 3 is 2.55 bits per heavy atom. The lowest BCUT2D eigenvalue weighted by Gasteiger charge is -2.09. The number of para-hydroxylation sites is 2. The van der Waals surface area contributed by atoms with Crippen LogP contribution < -0.4 is 10.5 Å². The summed E-state index contributed by atoms with van der Waals surface area (Å²) in [7, 11) is 0. The zero-order chi connectivity index (χ0) is 14.7. The van der Waals surface area contributed by atoms with Gasteiger partial charge in [0.2, 0.25) is 5.75 Å². The van der Waals surface area contributed by atoms with Gasteiger partial charge in [-0.25, -0.2) is 0 Å². The number of rotatable bonds is 4. The number of amidine groups is 1. The van der Waals surface area contributed by atoms with E-state index in [-0.39, 0.29) is 17.3 Å². The molecule has 0 aliphatic rings. The molecule has 0 amide bonds. The Kier molecular flexibility index (Phi) is 3.99. The van der Waals surface area contributed by atoms with Crippen molar-refractivity contribution < 1.29 is 9.66 Å². The molecule has 0 atom stereocenters. The number of nitro benzene ring substituents is 1. The molecule has 0 aromatic heterocycles. The van der Waals surface area contributed by atoms with Gasteiger partial charge in [0.1, 0.15) is 11.6 Å². The summed E-state index contributed by atoms with van der Waals surface area (Å²) in [5, 5.41) is 18.3. The van der Waals surface area contributed by atoms with Crippen LogP contribution in [0.1, 0.15) is 5.56 Å². The molecule has 7 heteroatoms. The Labute approximate surface area is 123 Å². The summed E-state index contributed by atoms with van der Waals surface area (Å²) in [4.78, 5) is 10.4. The molecule has 2 aromatic rings. The number of nitrogen functional groups attached to an aromatic ring is 1. The molecule has 0 aliphatic carbocycles. The maximum Gasteiger partial charge on any atom is 0.311 e. The van der Waals surface area contributed by atoms with Crippen molar-refractivity contribution in [3.8, 4) is 11.5 Å². The number of halogens is 1. The minimum atomic E-state index is -0.507. The van der Waals surface area contributed by atoms with Gasteiger partial charge in [0.15, 0.2) is 0 Å². The lowest BCUT2D eigenvalue weighted by Crippen LogP contribution is -2.10. The second kappa shape index (κ2) is 5.70. The van der Waals surface area contributed by atoms with Crippen LogP contribution in [0.15, 0.2) is 46.9 Å². The Morgan fingerprint density at radius 1 is 1.25 bits per heavy atom. The molecule has 2 rings (SSSR count). The highest BCUT2D eigenvalue weighted by molar-refractivity contribution is 9.10. The predicted molar refractivity (Wildman–Crippen MR) is 78.3 cm³/mol. The fourth-order valence-electron chi connectivity index (χ4n) is 1.56. The van der Waals surface area contributed by atoms with E-state index < -0.39 is 4.92 Å².